The number of allylic oxidation sites excluding steroid dienone is 2. The van der Waals surface area contributed by atoms with Crippen LogP contribution in [0.2, 0.25) is 0 Å². The second-order valence-electron chi connectivity index (χ2n) is 12.6. The Labute approximate surface area is 261 Å². The van der Waals surface area contributed by atoms with Crippen LogP contribution in [0.3, 0.4) is 0 Å². The number of fused-ring (bicyclic) bond motifs is 4. The van der Waals surface area contributed by atoms with Gasteiger partial charge in [0.05, 0.1) is 11.8 Å². The number of phenols is 1. The average molecular weight is 675 g/mol. The number of likely N-dealkylation sites (tertiary alicyclic amines) is 1. The fourth-order valence-corrected chi connectivity index (χ4v) is 8.24. The lowest BCUT2D eigenvalue weighted by molar-refractivity contribution is -0.145. The number of rotatable bonds is 2. The van der Waals surface area contributed by atoms with Crippen LogP contribution < -0.4 is 4.90 Å². The highest BCUT2D eigenvalue weighted by atomic mass is 35.5. The number of hydrogen-bond acceptors (Lipinski definition) is 5. The van der Waals surface area contributed by atoms with Crippen molar-refractivity contribution in [3.8, 4) is 5.75 Å². The molecule has 6 rings (SSSR count). The van der Waals surface area contributed by atoms with Crippen LogP contribution in [0, 0.1) is 52.7 Å². The summed E-state index contributed by atoms with van der Waals surface area (Å²) >= 11 is 13.9. The minimum Gasteiger partial charge on any atom is -0.505 e. The summed E-state index contributed by atoms with van der Waals surface area (Å²) in [4.78, 5) is 50.7. The largest absolute Gasteiger partial charge is 0.505 e. The van der Waals surface area contributed by atoms with E-state index in [1.54, 1.807) is 20.8 Å². The van der Waals surface area contributed by atoms with Gasteiger partial charge in [0, 0.05) is 11.5 Å². The second-order valence-corrected chi connectivity index (χ2v) is 13.8. The van der Waals surface area contributed by atoms with Gasteiger partial charge in [-0.15, -0.1) is 23.2 Å². The molecule has 2 aromatic carbocycles. The molecule has 4 aliphatic rings. The van der Waals surface area contributed by atoms with E-state index in [1.807, 2.05) is 0 Å². The molecule has 6 atom stereocenters. The van der Waals surface area contributed by atoms with E-state index in [0.717, 1.165) is 23.1 Å². The van der Waals surface area contributed by atoms with E-state index in [2.05, 4.69) is 0 Å². The van der Waals surface area contributed by atoms with E-state index in [9.17, 15) is 41.8 Å². The van der Waals surface area contributed by atoms with Crippen LogP contribution >= 0.6 is 23.2 Å². The molecule has 1 N–H and O–H groups in total. The van der Waals surface area contributed by atoms with Gasteiger partial charge in [-0.25, -0.2) is 31.2 Å². The normalized spacial score (nSPS) is 31.3. The van der Waals surface area contributed by atoms with Crippen LogP contribution in [0.15, 0.2) is 29.8 Å². The molecule has 2 aromatic rings. The molecule has 0 aromatic heterocycles. The molecule has 0 unspecified atom stereocenters. The minimum absolute atomic E-state index is 0.0452. The van der Waals surface area contributed by atoms with Crippen LogP contribution in [-0.2, 0) is 19.2 Å². The number of anilines is 1. The Hall–Kier alpha value is -3.58. The van der Waals surface area contributed by atoms with E-state index in [-0.39, 0.29) is 22.5 Å². The first kappa shape index (κ1) is 31.4. The highest BCUT2D eigenvalue weighted by Crippen LogP contribution is 2.66. The van der Waals surface area contributed by atoms with Gasteiger partial charge in [0.2, 0.25) is 17.6 Å². The number of phenolic OH excluding ortho intramolecular Hbond substituents is 1. The molecule has 4 amide bonds. The Bertz CT molecular complexity index is 1770. The van der Waals surface area contributed by atoms with E-state index >= 15 is 8.78 Å². The van der Waals surface area contributed by atoms with E-state index in [4.69, 9.17) is 23.2 Å². The first-order valence-electron chi connectivity index (χ1n) is 13.6. The number of imide groups is 2. The smallest absolute Gasteiger partial charge is 0.258 e. The molecule has 2 aliphatic carbocycles. The minimum atomic E-state index is -2.78. The lowest BCUT2D eigenvalue weighted by Crippen LogP contribution is -2.60. The number of nitrogens with zero attached hydrogens (tertiary/aromatic N) is 2. The molecule has 238 valence electrons. The van der Waals surface area contributed by atoms with Crippen LogP contribution in [0.1, 0.15) is 45.1 Å². The van der Waals surface area contributed by atoms with Gasteiger partial charge in [-0.2, -0.15) is 0 Å². The lowest BCUT2D eigenvalue weighted by atomic mass is 9.56. The third kappa shape index (κ3) is 3.85. The predicted octanol–water partition coefficient (Wildman–Crippen LogP) is 5.59. The van der Waals surface area contributed by atoms with Crippen molar-refractivity contribution >= 4 is 52.5 Å². The summed E-state index contributed by atoms with van der Waals surface area (Å²) in [5.74, 6) is -23.7. The van der Waals surface area contributed by atoms with Crippen LogP contribution in [-0.4, -0.2) is 48.9 Å². The van der Waals surface area contributed by atoms with Gasteiger partial charge in [-0.3, -0.25) is 24.1 Å². The highest BCUT2D eigenvalue weighted by Gasteiger charge is 2.77. The van der Waals surface area contributed by atoms with Crippen LogP contribution in [0.25, 0.3) is 0 Å². The molecule has 2 aliphatic heterocycles. The number of carbonyl (C=O) groups excluding carboxylic acids is 4. The summed E-state index contributed by atoms with van der Waals surface area (Å²) < 4.78 is 87.3. The van der Waals surface area contributed by atoms with Gasteiger partial charge in [0.25, 0.3) is 11.8 Å². The maximum absolute atomic E-state index is 15.0. The lowest BCUT2D eigenvalue weighted by Gasteiger charge is -2.50. The number of halogens is 8. The zero-order valence-corrected chi connectivity index (χ0v) is 25.0. The molecule has 3 fully saturated rings. The fraction of sp³-hybridized carbons (Fsp3) is 0.400. The van der Waals surface area contributed by atoms with Crippen molar-refractivity contribution in [2.24, 2.45) is 17.8 Å². The van der Waals surface area contributed by atoms with Crippen LogP contribution in [0.5, 0.6) is 5.75 Å². The summed E-state index contributed by atoms with van der Waals surface area (Å²) in [5, 5.41) is 9.84. The average Bonchev–Trinajstić information content (AvgIpc) is 3.31. The zero-order valence-electron chi connectivity index (χ0n) is 23.5. The topological polar surface area (TPSA) is 95.0 Å². The van der Waals surface area contributed by atoms with Crippen molar-refractivity contribution in [3.63, 3.8) is 0 Å². The Morgan fingerprint density at radius 2 is 1.42 bits per heavy atom. The van der Waals surface area contributed by atoms with Crippen molar-refractivity contribution in [1.29, 1.82) is 0 Å². The molecule has 45 heavy (non-hydrogen) atoms. The standard InChI is InChI=1S/C30H22Cl2F6N2O5/c1-28(2,3)40-24(42)12-6-5-11-13(16(12)25(40)43)9-29(31)26(44)39(23-21(37)19(35)18(34)20(36)22(23)38)27(45)30(29,32)17(11)10-4-7-15(41)14(33)8-10/h4-5,7-8,12-13,16-17,41H,6,9H2,1-3H3/t12-,13+,16-,17-,29+,30-/m0/s1. The highest BCUT2D eigenvalue weighted by molar-refractivity contribution is 6.58. The maximum Gasteiger partial charge on any atom is 0.258 e. The van der Waals surface area contributed by atoms with E-state index in [0.29, 0.717) is 0 Å². The van der Waals surface area contributed by atoms with E-state index < -0.39 is 115 Å². The van der Waals surface area contributed by atoms with Crippen molar-refractivity contribution in [3.05, 3.63) is 70.3 Å². The summed E-state index contributed by atoms with van der Waals surface area (Å²) in [7, 11) is 0. The molecule has 1 saturated carbocycles. The molecular weight excluding hydrogens is 653 g/mol. The van der Waals surface area contributed by atoms with Gasteiger partial charge in [-0.1, -0.05) is 17.7 Å². The Morgan fingerprint density at radius 1 is 0.844 bits per heavy atom. The summed E-state index contributed by atoms with van der Waals surface area (Å²) in [6.45, 7) is 4.89. The number of hydrogen-bond donors (Lipinski definition) is 1. The Kier molecular flexibility index (Phi) is 6.78. The van der Waals surface area contributed by atoms with Gasteiger partial charge in [-0.05, 0) is 57.2 Å². The monoisotopic (exact) mass is 674 g/mol. The van der Waals surface area contributed by atoms with Gasteiger partial charge in [0.15, 0.2) is 44.6 Å². The van der Waals surface area contributed by atoms with E-state index in [1.165, 1.54) is 6.08 Å². The Balaban J connectivity index is 1.60. The maximum atomic E-state index is 15.0. The third-order valence-electron chi connectivity index (χ3n) is 9.20. The van der Waals surface area contributed by atoms with Crippen LogP contribution in [0.4, 0.5) is 32.0 Å². The first-order chi connectivity index (χ1) is 20.8. The van der Waals surface area contributed by atoms with Gasteiger partial charge >= 0.3 is 0 Å². The Morgan fingerprint density at radius 3 is 1.98 bits per heavy atom. The quantitative estimate of drug-likeness (QED) is 0.112. The number of aromatic hydroxyl groups is 1. The molecule has 0 bridgehead atoms. The summed E-state index contributed by atoms with van der Waals surface area (Å²) in [6, 6.07) is 2.83. The zero-order chi connectivity index (χ0) is 33.3. The van der Waals surface area contributed by atoms with Crippen molar-refractivity contribution in [2.75, 3.05) is 4.90 Å². The van der Waals surface area contributed by atoms with Crippen molar-refractivity contribution in [2.45, 2.75) is 54.8 Å². The SMILES string of the molecule is CC(C)(C)N1C(=O)[C@H]2[C@H](CC=C3[C@H]2C[C@@]2(Cl)C(=O)N(c4c(F)c(F)c(F)c(F)c4F)C(=O)[C@@]2(Cl)[C@H]3c2ccc(O)c(F)c2)C1=O. The number of carbonyl (C=O) groups is 4. The first-order valence-corrected chi connectivity index (χ1v) is 14.4. The van der Waals surface area contributed by atoms with Gasteiger partial charge < -0.3 is 5.11 Å². The predicted molar refractivity (Wildman–Crippen MR) is 146 cm³/mol. The molecule has 7 nitrogen and oxygen atoms in total. The fourth-order valence-electron chi connectivity index (χ4n) is 7.30. The number of alkyl halides is 2. The number of benzene rings is 2. The van der Waals surface area contributed by atoms with Crippen molar-refractivity contribution in [1.82, 2.24) is 4.90 Å². The molecule has 0 radical (unpaired) electrons. The van der Waals surface area contributed by atoms with Gasteiger partial charge in [0.1, 0.15) is 5.69 Å². The summed E-state index contributed by atoms with van der Waals surface area (Å²) in [6.07, 6.45) is 0.782. The molecule has 15 heteroatoms. The molecule has 2 heterocycles. The second kappa shape index (κ2) is 9.71. The van der Waals surface area contributed by atoms with Crippen molar-refractivity contribution < 1.29 is 50.6 Å². The summed E-state index contributed by atoms with van der Waals surface area (Å²) in [5.41, 5.74) is -2.86. The third-order valence-corrected chi connectivity index (χ3v) is 10.6. The molecule has 0 spiro atoms. The molecular formula is C30H22Cl2F6N2O5. The molecule has 2 saturated heterocycles. The number of amides is 4.